The van der Waals surface area contributed by atoms with E-state index in [0.717, 1.165) is 5.56 Å². The topological polar surface area (TPSA) is 172 Å². The molecular weight excluding hydrogens is 520 g/mol. The van der Waals surface area contributed by atoms with E-state index in [9.17, 15) is 14.9 Å². The minimum Gasteiger partial charge on any atom is -0.478 e. The van der Waals surface area contributed by atoms with Crippen LogP contribution in [-0.2, 0) is 6.54 Å². The van der Waals surface area contributed by atoms with Gasteiger partial charge in [0, 0.05) is 12.2 Å². The maximum atomic E-state index is 14.2. The van der Waals surface area contributed by atoms with Crippen molar-refractivity contribution in [1.29, 1.82) is 5.26 Å². The highest BCUT2D eigenvalue weighted by Gasteiger charge is 2.22. The second-order valence-corrected chi connectivity index (χ2v) is 9.37. The van der Waals surface area contributed by atoms with E-state index in [1.807, 2.05) is 43.3 Å². The highest BCUT2D eigenvalue weighted by Crippen LogP contribution is 2.26. The summed E-state index contributed by atoms with van der Waals surface area (Å²) in [5, 5.41) is 25.7. The van der Waals surface area contributed by atoms with Crippen LogP contribution in [0.1, 0.15) is 46.0 Å². The number of nitrogens with two attached hydrogens (primary N) is 1. The number of carboxylic acids is 1. The lowest BCUT2D eigenvalue weighted by Gasteiger charge is -2.21. The van der Waals surface area contributed by atoms with Crippen LogP contribution in [0.15, 0.2) is 77.6 Å². The molecular formula is C30H26N8O3. The molecule has 0 fully saturated rings. The summed E-state index contributed by atoms with van der Waals surface area (Å²) in [6, 6.07) is 22.6. The molecule has 0 amide bonds. The van der Waals surface area contributed by atoms with Gasteiger partial charge in [0.2, 0.25) is 5.95 Å². The number of para-hydroxylation sites is 1. The fraction of sp³-hybridized carbons (Fsp3) is 0.133. The number of hydrogen-bond acceptors (Lipinski definition) is 9. The Kier molecular flexibility index (Phi) is 7.30. The largest absolute Gasteiger partial charge is 0.478 e. The van der Waals surface area contributed by atoms with Gasteiger partial charge < -0.3 is 21.5 Å². The predicted octanol–water partition coefficient (Wildman–Crippen LogP) is 4.42. The molecule has 0 saturated carbocycles. The van der Waals surface area contributed by atoms with Gasteiger partial charge in [0.15, 0.2) is 0 Å². The Bertz CT molecular complexity index is 1860. The SMILES string of the molecule is Cc1nc(N)nc(NC(C)c2nc3cccc(NCc4ccc(C(=O)O)cc4)c3c(=O)n2-c2ccccc2)c1C#N. The zero-order valence-corrected chi connectivity index (χ0v) is 22.3. The van der Waals surface area contributed by atoms with Crippen molar-refractivity contribution >= 4 is 34.3 Å². The Morgan fingerprint density at radius 1 is 1.05 bits per heavy atom. The molecule has 0 aliphatic heterocycles. The number of carbonyl (C=O) groups is 1. The van der Waals surface area contributed by atoms with Crippen molar-refractivity contribution in [1.82, 2.24) is 19.5 Å². The predicted molar refractivity (Wildman–Crippen MR) is 156 cm³/mol. The molecule has 0 saturated heterocycles. The van der Waals surface area contributed by atoms with E-state index < -0.39 is 12.0 Å². The van der Waals surface area contributed by atoms with Crippen LogP contribution in [0.3, 0.4) is 0 Å². The normalized spacial score (nSPS) is 11.5. The average molecular weight is 547 g/mol. The van der Waals surface area contributed by atoms with Gasteiger partial charge in [0.25, 0.3) is 5.56 Å². The molecule has 41 heavy (non-hydrogen) atoms. The van der Waals surface area contributed by atoms with Gasteiger partial charge in [-0.1, -0.05) is 36.4 Å². The van der Waals surface area contributed by atoms with E-state index in [0.29, 0.717) is 40.3 Å². The van der Waals surface area contributed by atoms with Gasteiger partial charge in [0.05, 0.1) is 33.9 Å². The van der Waals surface area contributed by atoms with Gasteiger partial charge in [-0.3, -0.25) is 9.36 Å². The van der Waals surface area contributed by atoms with Crippen molar-refractivity contribution in [2.75, 3.05) is 16.4 Å². The lowest BCUT2D eigenvalue weighted by atomic mass is 10.1. The first-order chi connectivity index (χ1) is 19.8. The lowest BCUT2D eigenvalue weighted by molar-refractivity contribution is 0.0697. The van der Waals surface area contributed by atoms with Crippen LogP contribution in [-0.4, -0.2) is 30.6 Å². The number of aromatic carboxylic acids is 1. The number of fused-ring (bicyclic) bond motifs is 1. The van der Waals surface area contributed by atoms with E-state index >= 15 is 0 Å². The van der Waals surface area contributed by atoms with Crippen LogP contribution in [0, 0.1) is 18.3 Å². The first-order valence-corrected chi connectivity index (χ1v) is 12.7. The number of hydrogen-bond donors (Lipinski definition) is 4. The zero-order chi connectivity index (χ0) is 29.1. The van der Waals surface area contributed by atoms with Gasteiger partial charge >= 0.3 is 5.97 Å². The smallest absolute Gasteiger partial charge is 0.335 e. The number of rotatable bonds is 8. The summed E-state index contributed by atoms with van der Waals surface area (Å²) in [7, 11) is 0. The summed E-state index contributed by atoms with van der Waals surface area (Å²) in [6.45, 7) is 3.87. The fourth-order valence-corrected chi connectivity index (χ4v) is 4.58. The molecule has 204 valence electrons. The molecule has 0 radical (unpaired) electrons. The number of carboxylic acid groups (broad SMARTS) is 1. The highest BCUT2D eigenvalue weighted by atomic mass is 16.4. The minimum atomic E-state index is -0.993. The quantitative estimate of drug-likeness (QED) is 0.218. The van der Waals surface area contributed by atoms with E-state index in [-0.39, 0.29) is 28.5 Å². The molecule has 0 aliphatic rings. The second kappa shape index (κ2) is 11.2. The van der Waals surface area contributed by atoms with E-state index in [2.05, 4.69) is 26.7 Å². The number of nitrogens with one attached hydrogen (secondary N) is 2. The molecule has 5 N–H and O–H groups in total. The van der Waals surface area contributed by atoms with Crippen LogP contribution in [0.4, 0.5) is 17.5 Å². The first kappa shape index (κ1) is 26.8. The molecule has 11 nitrogen and oxygen atoms in total. The maximum absolute atomic E-state index is 14.2. The Morgan fingerprint density at radius 3 is 2.46 bits per heavy atom. The molecule has 0 spiro atoms. The molecule has 2 heterocycles. The Balaban J connectivity index is 1.59. The average Bonchev–Trinajstić information content (AvgIpc) is 2.96. The van der Waals surface area contributed by atoms with Crippen molar-refractivity contribution in [3.8, 4) is 11.8 Å². The number of aromatic nitrogens is 4. The third-order valence-corrected chi connectivity index (χ3v) is 6.58. The third kappa shape index (κ3) is 5.39. The molecule has 5 rings (SSSR count). The number of nitrogen functional groups attached to an aromatic ring is 1. The van der Waals surface area contributed by atoms with Gasteiger partial charge in [-0.25, -0.2) is 14.8 Å². The maximum Gasteiger partial charge on any atom is 0.335 e. The molecule has 1 atom stereocenters. The van der Waals surface area contributed by atoms with Crippen LogP contribution in [0.2, 0.25) is 0 Å². The number of benzene rings is 3. The van der Waals surface area contributed by atoms with Crippen molar-refractivity contribution in [3.05, 3.63) is 111 Å². The Hall–Kier alpha value is -5.76. The van der Waals surface area contributed by atoms with Crippen molar-refractivity contribution in [2.45, 2.75) is 26.4 Å². The van der Waals surface area contributed by atoms with E-state index in [1.54, 1.807) is 31.2 Å². The van der Waals surface area contributed by atoms with Crippen LogP contribution < -0.4 is 21.9 Å². The molecule has 11 heteroatoms. The molecule has 1 unspecified atom stereocenters. The second-order valence-electron chi connectivity index (χ2n) is 9.37. The van der Waals surface area contributed by atoms with Crippen LogP contribution in [0.25, 0.3) is 16.6 Å². The summed E-state index contributed by atoms with van der Waals surface area (Å²) in [4.78, 5) is 38.5. The van der Waals surface area contributed by atoms with Gasteiger partial charge in [-0.15, -0.1) is 0 Å². The fourth-order valence-electron chi connectivity index (χ4n) is 4.58. The van der Waals surface area contributed by atoms with Crippen molar-refractivity contribution in [2.24, 2.45) is 0 Å². The number of nitriles is 1. The number of aryl methyl sites for hydroxylation is 1. The number of nitrogens with zero attached hydrogens (tertiary/aromatic N) is 5. The Morgan fingerprint density at radius 2 is 1.78 bits per heavy atom. The van der Waals surface area contributed by atoms with Crippen LogP contribution in [0.5, 0.6) is 0 Å². The van der Waals surface area contributed by atoms with Gasteiger partial charge in [-0.2, -0.15) is 10.2 Å². The standard InChI is InChI=1S/C30H26N8O3/c1-17-22(15-31)26(37-30(32)35-17)34-18(2)27-36-24-10-6-9-23(33-16-19-11-13-20(14-12-19)29(40)41)25(24)28(39)38(27)21-7-4-3-5-8-21/h3-14,18,33H,16H2,1-2H3,(H,40,41)(H3,32,34,35,37). The summed E-state index contributed by atoms with van der Waals surface area (Å²) in [6.07, 6.45) is 0. The molecule has 3 aromatic carbocycles. The van der Waals surface area contributed by atoms with Crippen LogP contribution >= 0.6 is 0 Å². The van der Waals surface area contributed by atoms with E-state index in [4.69, 9.17) is 15.8 Å². The van der Waals surface area contributed by atoms with Crippen molar-refractivity contribution < 1.29 is 9.90 Å². The van der Waals surface area contributed by atoms with Crippen molar-refractivity contribution in [3.63, 3.8) is 0 Å². The Labute approximate surface area is 235 Å². The molecule has 0 bridgehead atoms. The van der Waals surface area contributed by atoms with Gasteiger partial charge in [0.1, 0.15) is 23.3 Å². The molecule has 0 aliphatic carbocycles. The monoisotopic (exact) mass is 546 g/mol. The van der Waals surface area contributed by atoms with E-state index in [1.165, 1.54) is 16.7 Å². The molecule has 5 aromatic rings. The minimum absolute atomic E-state index is 0.0245. The third-order valence-electron chi connectivity index (χ3n) is 6.58. The summed E-state index contributed by atoms with van der Waals surface area (Å²) in [5.41, 5.74) is 9.00. The lowest BCUT2D eigenvalue weighted by Crippen LogP contribution is -2.28. The number of anilines is 3. The van der Waals surface area contributed by atoms with Gasteiger partial charge in [-0.05, 0) is 55.8 Å². The summed E-state index contributed by atoms with van der Waals surface area (Å²) in [5.74, 6) is -0.304. The first-order valence-electron chi connectivity index (χ1n) is 12.7. The zero-order valence-electron chi connectivity index (χ0n) is 22.3. The highest BCUT2D eigenvalue weighted by molar-refractivity contribution is 5.91. The summed E-state index contributed by atoms with van der Waals surface area (Å²) >= 11 is 0. The molecule has 2 aromatic heterocycles. The summed E-state index contributed by atoms with van der Waals surface area (Å²) < 4.78 is 1.54.